The van der Waals surface area contributed by atoms with Crippen molar-refractivity contribution in [3.05, 3.63) is 29.3 Å². The van der Waals surface area contributed by atoms with Crippen molar-refractivity contribution in [2.75, 3.05) is 24.5 Å². The van der Waals surface area contributed by atoms with E-state index in [0.29, 0.717) is 18.9 Å². The summed E-state index contributed by atoms with van der Waals surface area (Å²) in [6.45, 7) is 8.15. The molecule has 2 atom stereocenters. The molecule has 0 aliphatic carbocycles. The molecule has 2 heterocycles. The summed E-state index contributed by atoms with van der Waals surface area (Å²) in [4.78, 5) is 29.3. The van der Waals surface area contributed by atoms with Crippen LogP contribution >= 0.6 is 0 Å². The number of likely N-dealkylation sites (tertiary alicyclic amines) is 1. The highest BCUT2D eigenvalue weighted by Gasteiger charge is 2.40. The summed E-state index contributed by atoms with van der Waals surface area (Å²) in [5.41, 5.74) is 9.16. The van der Waals surface area contributed by atoms with Crippen molar-refractivity contribution in [1.29, 1.82) is 0 Å². The molecule has 2 amide bonds. The molecule has 2 aliphatic heterocycles. The Balaban J connectivity index is 1.66. The third kappa shape index (κ3) is 3.71. The van der Waals surface area contributed by atoms with Gasteiger partial charge in [0.1, 0.15) is 5.92 Å². The Bertz CT molecular complexity index is 643. The summed E-state index contributed by atoms with van der Waals surface area (Å²) in [5.74, 6) is -0.0907. The zero-order valence-corrected chi connectivity index (χ0v) is 15.5. The van der Waals surface area contributed by atoms with Gasteiger partial charge in [0.05, 0.1) is 0 Å². The van der Waals surface area contributed by atoms with Crippen LogP contribution in [-0.4, -0.2) is 42.4 Å². The first-order valence-electron chi connectivity index (χ1n) is 9.31. The molecule has 2 unspecified atom stereocenters. The predicted octanol–water partition coefficient (Wildman–Crippen LogP) is 2.24. The lowest BCUT2D eigenvalue weighted by Crippen LogP contribution is -2.46. The van der Waals surface area contributed by atoms with Gasteiger partial charge >= 0.3 is 0 Å². The third-order valence-electron chi connectivity index (χ3n) is 5.62. The normalized spacial score (nSPS) is 23.2. The van der Waals surface area contributed by atoms with E-state index in [0.717, 1.165) is 42.7 Å². The quantitative estimate of drug-likeness (QED) is 0.856. The Morgan fingerprint density at radius 2 is 1.68 bits per heavy atom. The van der Waals surface area contributed by atoms with Crippen molar-refractivity contribution < 1.29 is 9.59 Å². The van der Waals surface area contributed by atoms with Crippen LogP contribution in [0.25, 0.3) is 0 Å². The minimum atomic E-state index is -0.521. The summed E-state index contributed by atoms with van der Waals surface area (Å²) in [6.07, 6.45) is 2.48. The van der Waals surface area contributed by atoms with Crippen LogP contribution in [0.1, 0.15) is 37.3 Å². The van der Waals surface area contributed by atoms with Gasteiger partial charge in [-0.25, -0.2) is 0 Å². The number of anilines is 1. The van der Waals surface area contributed by atoms with Gasteiger partial charge in [-0.05, 0) is 69.2 Å². The van der Waals surface area contributed by atoms with E-state index in [1.54, 1.807) is 4.90 Å². The summed E-state index contributed by atoms with van der Waals surface area (Å²) in [6, 6.07) is 6.30. The number of amides is 2. The second-order valence-corrected chi connectivity index (χ2v) is 7.70. The lowest BCUT2D eigenvalue weighted by Gasteiger charge is -2.34. The van der Waals surface area contributed by atoms with Gasteiger partial charge in [-0.15, -0.1) is 0 Å². The zero-order valence-electron chi connectivity index (χ0n) is 15.5. The lowest BCUT2D eigenvalue weighted by atomic mass is 9.90. The van der Waals surface area contributed by atoms with Gasteiger partial charge in [0.15, 0.2) is 0 Å². The molecule has 1 aromatic carbocycles. The minimum absolute atomic E-state index is 0.000000472. The van der Waals surface area contributed by atoms with Crippen LogP contribution in [0, 0.1) is 25.7 Å². The van der Waals surface area contributed by atoms with E-state index >= 15 is 0 Å². The van der Waals surface area contributed by atoms with Gasteiger partial charge in [0.2, 0.25) is 11.8 Å². The standard InChI is InChI=1S/C20H29N3O2/c1-13-10-14(2)12-17(11-13)23-9-6-18(20(23)25)19(24)22-7-4-16(5-8-22)15(3)21/h10-12,15-16,18H,4-9,21H2,1-3H3. The average molecular weight is 343 g/mol. The maximum Gasteiger partial charge on any atom is 0.239 e. The van der Waals surface area contributed by atoms with Crippen LogP contribution in [0.4, 0.5) is 5.69 Å². The number of piperidine rings is 1. The van der Waals surface area contributed by atoms with E-state index in [1.807, 2.05) is 37.8 Å². The Hall–Kier alpha value is -1.88. The van der Waals surface area contributed by atoms with E-state index in [2.05, 4.69) is 6.07 Å². The molecule has 2 fully saturated rings. The molecule has 0 spiro atoms. The van der Waals surface area contributed by atoms with Gasteiger partial charge in [0.25, 0.3) is 0 Å². The zero-order chi connectivity index (χ0) is 18.1. The molecule has 0 aromatic heterocycles. The monoisotopic (exact) mass is 343 g/mol. The average Bonchev–Trinajstić information content (AvgIpc) is 2.95. The minimum Gasteiger partial charge on any atom is -0.342 e. The molecular weight excluding hydrogens is 314 g/mol. The first kappa shape index (κ1) is 17.9. The molecule has 5 nitrogen and oxygen atoms in total. The topological polar surface area (TPSA) is 66.6 Å². The molecule has 2 saturated heterocycles. The second kappa shape index (κ2) is 7.16. The number of aryl methyl sites for hydroxylation is 2. The molecule has 2 N–H and O–H groups in total. The summed E-state index contributed by atoms with van der Waals surface area (Å²) >= 11 is 0. The summed E-state index contributed by atoms with van der Waals surface area (Å²) < 4.78 is 0. The Morgan fingerprint density at radius 1 is 1.08 bits per heavy atom. The highest BCUT2D eigenvalue weighted by molar-refractivity contribution is 6.09. The fourth-order valence-corrected chi connectivity index (χ4v) is 4.14. The van der Waals surface area contributed by atoms with E-state index in [9.17, 15) is 9.59 Å². The number of nitrogens with zero attached hydrogens (tertiary/aromatic N) is 2. The molecule has 136 valence electrons. The summed E-state index contributed by atoms with van der Waals surface area (Å²) in [5, 5.41) is 0. The van der Waals surface area contributed by atoms with Crippen LogP contribution in [0.2, 0.25) is 0 Å². The summed E-state index contributed by atoms with van der Waals surface area (Å²) in [7, 11) is 0. The van der Waals surface area contributed by atoms with Gasteiger partial charge in [-0.2, -0.15) is 0 Å². The molecule has 2 aliphatic rings. The Morgan fingerprint density at radius 3 is 2.24 bits per heavy atom. The van der Waals surface area contributed by atoms with E-state index in [-0.39, 0.29) is 17.9 Å². The molecule has 0 bridgehead atoms. The highest BCUT2D eigenvalue weighted by Crippen LogP contribution is 2.29. The van der Waals surface area contributed by atoms with Crippen molar-refractivity contribution in [1.82, 2.24) is 4.90 Å². The first-order chi connectivity index (χ1) is 11.9. The fraction of sp³-hybridized carbons (Fsp3) is 0.600. The van der Waals surface area contributed by atoms with Gasteiger partial charge < -0.3 is 15.5 Å². The second-order valence-electron chi connectivity index (χ2n) is 7.70. The van der Waals surface area contributed by atoms with Crippen LogP contribution < -0.4 is 10.6 Å². The molecular formula is C20H29N3O2. The largest absolute Gasteiger partial charge is 0.342 e. The van der Waals surface area contributed by atoms with Gasteiger partial charge in [-0.1, -0.05) is 6.07 Å². The van der Waals surface area contributed by atoms with E-state index < -0.39 is 5.92 Å². The Kier molecular flexibility index (Phi) is 5.13. The molecule has 25 heavy (non-hydrogen) atoms. The number of rotatable bonds is 3. The van der Waals surface area contributed by atoms with Crippen LogP contribution in [0.15, 0.2) is 18.2 Å². The lowest BCUT2D eigenvalue weighted by molar-refractivity contribution is -0.141. The number of carbonyl (C=O) groups is 2. The maximum atomic E-state index is 12.8. The molecule has 3 rings (SSSR count). The van der Waals surface area contributed by atoms with Crippen LogP contribution in [0.5, 0.6) is 0 Å². The Labute approximate surface area is 150 Å². The van der Waals surface area contributed by atoms with Crippen molar-refractivity contribution in [2.45, 2.75) is 46.1 Å². The number of benzene rings is 1. The SMILES string of the molecule is Cc1cc(C)cc(N2CCC(C(=O)N3CCC(C(C)N)CC3)C2=O)c1. The van der Waals surface area contributed by atoms with Gasteiger partial charge in [-0.3, -0.25) is 9.59 Å². The van der Waals surface area contributed by atoms with E-state index in [1.165, 1.54) is 0 Å². The maximum absolute atomic E-state index is 12.8. The number of carbonyl (C=O) groups excluding carboxylic acids is 2. The molecule has 5 heteroatoms. The fourth-order valence-electron chi connectivity index (χ4n) is 4.14. The smallest absolute Gasteiger partial charge is 0.239 e. The van der Waals surface area contributed by atoms with Gasteiger partial charge in [0, 0.05) is 31.4 Å². The van der Waals surface area contributed by atoms with Crippen molar-refractivity contribution in [2.24, 2.45) is 17.6 Å². The molecule has 1 aromatic rings. The third-order valence-corrected chi connectivity index (χ3v) is 5.62. The van der Waals surface area contributed by atoms with Crippen molar-refractivity contribution in [3.8, 4) is 0 Å². The van der Waals surface area contributed by atoms with Crippen LogP contribution in [-0.2, 0) is 9.59 Å². The highest BCUT2D eigenvalue weighted by atomic mass is 16.2. The first-order valence-corrected chi connectivity index (χ1v) is 9.31. The van der Waals surface area contributed by atoms with Crippen molar-refractivity contribution in [3.63, 3.8) is 0 Å². The number of hydrogen-bond donors (Lipinski definition) is 1. The van der Waals surface area contributed by atoms with Crippen LogP contribution in [0.3, 0.4) is 0 Å². The van der Waals surface area contributed by atoms with E-state index in [4.69, 9.17) is 5.73 Å². The molecule has 0 radical (unpaired) electrons. The number of nitrogens with two attached hydrogens (primary N) is 1. The molecule has 0 saturated carbocycles. The number of hydrogen-bond acceptors (Lipinski definition) is 3. The van der Waals surface area contributed by atoms with Crippen molar-refractivity contribution >= 4 is 17.5 Å². The predicted molar refractivity (Wildman–Crippen MR) is 99.3 cm³/mol.